The second-order valence-corrected chi connectivity index (χ2v) is 3.35. The third kappa shape index (κ3) is 2.03. The van der Waals surface area contributed by atoms with Gasteiger partial charge in [-0.3, -0.25) is 4.98 Å². The second kappa shape index (κ2) is 4.11. The number of hydrogen-bond donors (Lipinski definition) is 1. The molecule has 2 aromatic rings. The SMILES string of the molecule is S=c1[nH]cncc1Cc1cccnc1. The van der Waals surface area contributed by atoms with Gasteiger partial charge in [0.2, 0.25) is 0 Å². The predicted octanol–water partition coefficient (Wildman–Crippen LogP) is 2.12. The Morgan fingerprint density at radius 2 is 2.21 bits per heavy atom. The minimum Gasteiger partial charge on any atom is -0.337 e. The summed E-state index contributed by atoms with van der Waals surface area (Å²) in [6, 6.07) is 3.94. The van der Waals surface area contributed by atoms with Gasteiger partial charge in [-0.15, -0.1) is 0 Å². The molecule has 0 aliphatic heterocycles. The van der Waals surface area contributed by atoms with Crippen LogP contribution in [-0.4, -0.2) is 15.0 Å². The molecule has 0 aliphatic carbocycles. The number of hydrogen-bond acceptors (Lipinski definition) is 3. The van der Waals surface area contributed by atoms with Gasteiger partial charge in [0.25, 0.3) is 0 Å². The number of aromatic nitrogens is 3. The van der Waals surface area contributed by atoms with Crippen molar-refractivity contribution in [3.63, 3.8) is 0 Å². The highest BCUT2D eigenvalue weighted by Gasteiger charge is 1.97. The van der Waals surface area contributed by atoms with Gasteiger partial charge < -0.3 is 4.98 Å². The van der Waals surface area contributed by atoms with Crippen LogP contribution in [-0.2, 0) is 6.42 Å². The molecule has 0 unspecified atom stereocenters. The maximum absolute atomic E-state index is 5.14. The monoisotopic (exact) mass is 203 g/mol. The molecule has 2 rings (SSSR count). The molecule has 0 fully saturated rings. The van der Waals surface area contributed by atoms with Crippen LogP contribution >= 0.6 is 12.2 Å². The van der Waals surface area contributed by atoms with Crippen LogP contribution in [0, 0.1) is 4.64 Å². The van der Waals surface area contributed by atoms with Crippen LogP contribution in [0.3, 0.4) is 0 Å². The van der Waals surface area contributed by atoms with Crippen LogP contribution < -0.4 is 0 Å². The van der Waals surface area contributed by atoms with Crippen molar-refractivity contribution in [2.24, 2.45) is 0 Å². The van der Waals surface area contributed by atoms with E-state index in [0.29, 0.717) is 0 Å². The summed E-state index contributed by atoms with van der Waals surface area (Å²) in [7, 11) is 0. The van der Waals surface area contributed by atoms with E-state index in [9.17, 15) is 0 Å². The van der Waals surface area contributed by atoms with E-state index in [0.717, 1.165) is 22.2 Å². The van der Waals surface area contributed by atoms with Crippen molar-refractivity contribution in [2.75, 3.05) is 0 Å². The lowest BCUT2D eigenvalue weighted by atomic mass is 10.1. The Hall–Kier alpha value is -1.55. The summed E-state index contributed by atoms with van der Waals surface area (Å²) in [4.78, 5) is 10.9. The summed E-state index contributed by atoms with van der Waals surface area (Å²) in [5, 5.41) is 0. The van der Waals surface area contributed by atoms with Gasteiger partial charge in [-0.2, -0.15) is 0 Å². The highest BCUT2D eigenvalue weighted by atomic mass is 32.1. The van der Waals surface area contributed by atoms with E-state index in [1.54, 1.807) is 18.7 Å². The van der Waals surface area contributed by atoms with Crippen molar-refractivity contribution in [3.05, 3.63) is 52.8 Å². The first-order valence-corrected chi connectivity index (χ1v) is 4.67. The van der Waals surface area contributed by atoms with Gasteiger partial charge in [-0.1, -0.05) is 18.3 Å². The van der Waals surface area contributed by atoms with E-state index in [-0.39, 0.29) is 0 Å². The molecule has 2 aromatic heterocycles. The first-order valence-electron chi connectivity index (χ1n) is 4.27. The fourth-order valence-electron chi connectivity index (χ4n) is 1.22. The minimum absolute atomic E-state index is 0.740. The maximum atomic E-state index is 5.14. The smallest absolute Gasteiger partial charge is 0.109 e. The van der Waals surface area contributed by atoms with Crippen molar-refractivity contribution in [1.29, 1.82) is 0 Å². The Morgan fingerprint density at radius 3 is 2.93 bits per heavy atom. The summed E-state index contributed by atoms with van der Waals surface area (Å²) < 4.78 is 0.740. The summed E-state index contributed by atoms with van der Waals surface area (Å²) >= 11 is 5.14. The van der Waals surface area contributed by atoms with E-state index in [1.807, 2.05) is 18.3 Å². The molecular formula is C10H9N3S. The van der Waals surface area contributed by atoms with Gasteiger partial charge in [0.15, 0.2) is 0 Å². The standard InChI is InChI=1S/C10H9N3S/c14-10-9(6-12-7-13-10)4-8-2-1-3-11-5-8/h1-3,5-7H,4H2,(H,12,13,14). The van der Waals surface area contributed by atoms with E-state index < -0.39 is 0 Å². The van der Waals surface area contributed by atoms with Gasteiger partial charge >= 0.3 is 0 Å². The Labute approximate surface area is 86.9 Å². The molecule has 1 N–H and O–H groups in total. The molecule has 4 heteroatoms. The van der Waals surface area contributed by atoms with E-state index in [4.69, 9.17) is 12.2 Å². The average molecular weight is 203 g/mol. The van der Waals surface area contributed by atoms with Gasteiger partial charge in [0.05, 0.1) is 6.33 Å². The number of rotatable bonds is 2. The molecule has 0 spiro atoms. The molecule has 0 saturated carbocycles. The van der Waals surface area contributed by atoms with Crippen molar-refractivity contribution < 1.29 is 0 Å². The fraction of sp³-hybridized carbons (Fsp3) is 0.100. The van der Waals surface area contributed by atoms with Crippen LogP contribution in [0.25, 0.3) is 0 Å². The quantitative estimate of drug-likeness (QED) is 0.760. The molecule has 0 aromatic carbocycles. The summed E-state index contributed by atoms with van der Waals surface area (Å²) in [5.41, 5.74) is 2.16. The van der Waals surface area contributed by atoms with Crippen LogP contribution in [0.15, 0.2) is 37.1 Å². The van der Waals surface area contributed by atoms with Crippen LogP contribution in [0.1, 0.15) is 11.1 Å². The number of nitrogens with zero attached hydrogens (tertiary/aromatic N) is 2. The van der Waals surface area contributed by atoms with E-state index in [2.05, 4.69) is 15.0 Å². The molecule has 0 amide bonds. The largest absolute Gasteiger partial charge is 0.337 e. The van der Waals surface area contributed by atoms with Gasteiger partial charge in [0, 0.05) is 30.6 Å². The molecule has 0 bridgehead atoms. The lowest BCUT2D eigenvalue weighted by Gasteiger charge is -1.99. The minimum atomic E-state index is 0.740. The normalized spacial score (nSPS) is 10.0. The second-order valence-electron chi connectivity index (χ2n) is 2.94. The zero-order valence-corrected chi connectivity index (χ0v) is 8.29. The van der Waals surface area contributed by atoms with Crippen LogP contribution in [0.2, 0.25) is 0 Å². The first kappa shape index (κ1) is 9.02. The number of nitrogens with one attached hydrogen (secondary N) is 1. The molecule has 2 heterocycles. The zero-order valence-electron chi connectivity index (χ0n) is 7.47. The summed E-state index contributed by atoms with van der Waals surface area (Å²) in [6.07, 6.45) is 7.74. The Kier molecular flexibility index (Phi) is 2.65. The summed E-state index contributed by atoms with van der Waals surface area (Å²) in [6.45, 7) is 0. The van der Waals surface area contributed by atoms with Crippen LogP contribution in [0.5, 0.6) is 0 Å². The zero-order chi connectivity index (χ0) is 9.80. The number of pyridine rings is 1. The molecule has 3 nitrogen and oxygen atoms in total. The topological polar surface area (TPSA) is 41.6 Å². The van der Waals surface area contributed by atoms with Gasteiger partial charge in [0.1, 0.15) is 4.64 Å². The van der Waals surface area contributed by atoms with Crippen molar-refractivity contribution >= 4 is 12.2 Å². The first-order chi connectivity index (χ1) is 6.86. The van der Waals surface area contributed by atoms with E-state index in [1.165, 1.54) is 0 Å². The third-order valence-electron chi connectivity index (χ3n) is 1.91. The predicted molar refractivity (Wildman–Crippen MR) is 56.5 cm³/mol. The van der Waals surface area contributed by atoms with Gasteiger partial charge in [-0.05, 0) is 11.6 Å². The molecule has 70 valence electrons. The third-order valence-corrected chi connectivity index (χ3v) is 2.29. The maximum Gasteiger partial charge on any atom is 0.109 e. The van der Waals surface area contributed by atoms with Gasteiger partial charge in [-0.25, -0.2) is 4.98 Å². The average Bonchev–Trinajstić information content (AvgIpc) is 2.23. The lowest BCUT2D eigenvalue weighted by molar-refractivity contribution is 1.04. The highest BCUT2D eigenvalue weighted by molar-refractivity contribution is 7.71. The lowest BCUT2D eigenvalue weighted by Crippen LogP contribution is -1.92. The Bertz CT molecular complexity index is 464. The highest BCUT2D eigenvalue weighted by Crippen LogP contribution is 2.06. The molecule has 0 aliphatic rings. The number of H-pyrrole nitrogens is 1. The molecular weight excluding hydrogens is 194 g/mol. The summed E-state index contributed by atoms with van der Waals surface area (Å²) in [5.74, 6) is 0. The van der Waals surface area contributed by atoms with Crippen molar-refractivity contribution in [2.45, 2.75) is 6.42 Å². The van der Waals surface area contributed by atoms with E-state index >= 15 is 0 Å². The van der Waals surface area contributed by atoms with Crippen LogP contribution in [0.4, 0.5) is 0 Å². The molecule has 0 radical (unpaired) electrons. The molecule has 0 atom stereocenters. The van der Waals surface area contributed by atoms with Crippen molar-refractivity contribution in [1.82, 2.24) is 15.0 Å². The molecule has 14 heavy (non-hydrogen) atoms. The Balaban J connectivity index is 2.28. The fourth-order valence-corrected chi connectivity index (χ4v) is 1.40. The van der Waals surface area contributed by atoms with Crippen molar-refractivity contribution in [3.8, 4) is 0 Å². The number of aromatic amines is 1. The Morgan fingerprint density at radius 1 is 1.29 bits per heavy atom. The molecule has 0 saturated heterocycles.